The molecule has 0 radical (unpaired) electrons. The van der Waals surface area contributed by atoms with Crippen LogP contribution in [0.5, 0.6) is 0 Å². The van der Waals surface area contributed by atoms with Crippen LogP contribution >= 0.6 is 11.8 Å². The molecule has 0 bridgehead atoms. The summed E-state index contributed by atoms with van der Waals surface area (Å²) < 4.78 is 27.4. The predicted octanol–water partition coefficient (Wildman–Crippen LogP) is 3.72. The first-order valence-electron chi connectivity index (χ1n) is 11.7. The van der Waals surface area contributed by atoms with E-state index in [0.717, 1.165) is 30.1 Å². The Balaban J connectivity index is 1.30. The summed E-state index contributed by atoms with van der Waals surface area (Å²) in [7, 11) is -3.52. The van der Waals surface area contributed by atoms with Gasteiger partial charge in [0.2, 0.25) is 15.9 Å². The van der Waals surface area contributed by atoms with Crippen LogP contribution in [-0.2, 0) is 27.9 Å². The Kier molecular flexibility index (Phi) is 8.11. The van der Waals surface area contributed by atoms with Gasteiger partial charge in [0.25, 0.3) is 0 Å². The molecule has 1 amide bonds. The van der Waals surface area contributed by atoms with Crippen LogP contribution in [-0.4, -0.2) is 56.0 Å². The lowest BCUT2D eigenvalue weighted by Crippen LogP contribution is -2.42. The van der Waals surface area contributed by atoms with Gasteiger partial charge in [-0.1, -0.05) is 24.3 Å². The number of carbonyl (C=O) groups is 1. The molecule has 8 heteroatoms. The number of amides is 1. The SMILES string of the molecule is CSc1ccc(S(=O)(=O)N2CCC(C(=O)NCc3ccccc3CN3CCCC3)CC2)cc1. The second-order valence-corrected chi connectivity index (χ2v) is 11.6. The van der Waals surface area contributed by atoms with E-state index in [9.17, 15) is 13.2 Å². The molecule has 1 N–H and O–H groups in total. The van der Waals surface area contributed by atoms with Gasteiger partial charge in [0.1, 0.15) is 0 Å². The topological polar surface area (TPSA) is 69.7 Å². The molecule has 178 valence electrons. The van der Waals surface area contributed by atoms with Gasteiger partial charge in [-0.2, -0.15) is 4.31 Å². The van der Waals surface area contributed by atoms with Crippen molar-refractivity contribution in [3.05, 3.63) is 59.7 Å². The third-order valence-corrected chi connectivity index (χ3v) is 9.34. The maximum atomic E-state index is 13.0. The summed E-state index contributed by atoms with van der Waals surface area (Å²) >= 11 is 1.58. The molecule has 0 aliphatic carbocycles. The molecule has 4 rings (SSSR count). The fourth-order valence-corrected chi connectivity index (χ4v) is 6.53. The number of rotatable bonds is 8. The van der Waals surface area contributed by atoms with Gasteiger partial charge >= 0.3 is 0 Å². The number of likely N-dealkylation sites (tertiary alicyclic amines) is 1. The van der Waals surface area contributed by atoms with Crippen LogP contribution in [0, 0.1) is 5.92 Å². The molecular formula is C25H33N3O3S2. The maximum Gasteiger partial charge on any atom is 0.243 e. The highest BCUT2D eigenvalue weighted by molar-refractivity contribution is 7.98. The number of nitrogens with one attached hydrogen (secondary N) is 1. The summed E-state index contributed by atoms with van der Waals surface area (Å²) in [6.07, 6.45) is 5.57. The first-order chi connectivity index (χ1) is 16.0. The minimum atomic E-state index is -3.52. The third-order valence-electron chi connectivity index (χ3n) is 6.69. The molecule has 2 aliphatic rings. The molecule has 2 aliphatic heterocycles. The van der Waals surface area contributed by atoms with Crippen LogP contribution in [0.15, 0.2) is 58.3 Å². The van der Waals surface area contributed by atoms with E-state index < -0.39 is 10.0 Å². The first-order valence-corrected chi connectivity index (χ1v) is 14.3. The number of hydrogen-bond acceptors (Lipinski definition) is 5. The van der Waals surface area contributed by atoms with Crippen molar-refractivity contribution < 1.29 is 13.2 Å². The lowest BCUT2D eigenvalue weighted by molar-refractivity contribution is -0.126. The Bertz CT molecular complexity index is 1040. The summed E-state index contributed by atoms with van der Waals surface area (Å²) in [5.74, 6) is -0.131. The highest BCUT2D eigenvalue weighted by atomic mass is 32.2. The minimum absolute atomic E-state index is 0.0207. The van der Waals surface area contributed by atoms with E-state index in [0.29, 0.717) is 37.4 Å². The summed E-state index contributed by atoms with van der Waals surface area (Å²) in [5.41, 5.74) is 2.43. The summed E-state index contributed by atoms with van der Waals surface area (Å²) in [4.78, 5) is 16.6. The van der Waals surface area contributed by atoms with Gasteiger partial charge in [-0.15, -0.1) is 11.8 Å². The van der Waals surface area contributed by atoms with Crippen LogP contribution in [0.3, 0.4) is 0 Å². The number of benzene rings is 2. The molecule has 0 saturated carbocycles. The molecule has 0 aromatic heterocycles. The quantitative estimate of drug-likeness (QED) is 0.575. The average Bonchev–Trinajstić information content (AvgIpc) is 3.36. The van der Waals surface area contributed by atoms with E-state index >= 15 is 0 Å². The van der Waals surface area contributed by atoms with Crippen LogP contribution in [0.25, 0.3) is 0 Å². The predicted molar refractivity (Wildman–Crippen MR) is 133 cm³/mol. The molecule has 2 aromatic carbocycles. The second-order valence-electron chi connectivity index (χ2n) is 8.82. The average molecular weight is 488 g/mol. The summed E-state index contributed by atoms with van der Waals surface area (Å²) in [6, 6.07) is 15.3. The van der Waals surface area contributed by atoms with Crippen LogP contribution in [0.4, 0.5) is 0 Å². The molecule has 2 fully saturated rings. The molecule has 2 heterocycles. The van der Waals surface area contributed by atoms with Crippen LogP contribution in [0.1, 0.15) is 36.8 Å². The van der Waals surface area contributed by atoms with Crippen LogP contribution in [0.2, 0.25) is 0 Å². The zero-order valence-electron chi connectivity index (χ0n) is 19.2. The Labute approximate surface area is 201 Å². The van der Waals surface area contributed by atoms with E-state index in [-0.39, 0.29) is 11.8 Å². The minimum Gasteiger partial charge on any atom is -0.352 e. The number of sulfonamides is 1. The van der Waals surface area contributed by atoms with Crippen molar-refractivity contribution in [3.63, 3.8) is 0 Å². The van der Waals surface area contributed by atoms with Gasteiger partial charge in [-0.3, -0.25) is 9.69 Å². The van der Waals surface area contributed by atoms with E-state index in [1.165, 1.54) is 22.7 Å². The normalized spacial score (nSPS) is 18.5. The number of piperidine rings is 1. The van der Waals surface area contributed by atoms with E-state index in [4.69, 9.17) is 0 Å². The molecule has 0 atom stereocenters. The van der Waals surface area contributed by atoms with Gasteiger partial charge in [-0.05, 0) is 80.4 Å². The summed E-state index contributed by atoms with van der Waals surface area (Å²) in [6.45, 7) is 4.48. The molecule has 33 heavy (non-hydrogen) atoms. The summed E-state index contributed by atoms with van der Waals surface area (Å²) in [5, 5.41) is 3.10. The smallest absolute Gasteiger partial charge is 0.243 e. The lowest BCUT2D eigenvalue weighted by Gasteiger charge is -2.30. The molecule has 6 nitrogen and oxygen atoms in total. The van der Waals surface area contributed by atoms with Gasteiger partial charge in [0.05, 0.1) is 4.90 Å². The molecule has 0 unspecified atom stereocenters. The fraction of sp³-hybridized carbons (Fsp3) is 0.480. The van der Waals surface area contributed by atoms with Crippen molar-refractivity contribution in [1.29, 1.82) is 0 Å². The molecular weight excluding hydrogens is 454 g/mol. The standard InChI is InChI=1S/C25H33N3O3S2/c1-32-23-8-10-24(11-9-23)33(30,31)28-16-12-20(13-17-28)25(29)26-18-21-6-2-3-7-22(21)19-27-14-4-5-15-27/h2-3,6-11,20H,4-5,12-19H2,1H3,(H,26,29). The highest BCUT2D eigenvalue weighted by Gasteiger charge is 2.32. The van der Waals surface area contributed by atoms with Gasteiger partial charge in [-0.25, -0.2) is 8.42 Å². The van der Waals surface area contributed by atoms with E-state index in [1.54, 1.807) is 23.9 Å². The Morgan fingerprint density at radius 3 is 2.24 bits per heavy atom. The maximum absolute atomic E-state index is 13.0. The van der Waals surface area contributed by atoms with Crippen molar-refractivity contribution >= 4 is 27.7 Å². The van der Waals surface area contributed by atoms with Crippen molar-refractivity contribution in [2.45, 2.75) is 48.6 Å². The lowest BCUT2D eigenvalue weighted by atomic mass is 9.97. The first kappa shape index (κ1) is 24.3. The Morgan fingerprint density at radius 1 is 0.970 bits per heavy atom. The monoisotopic (exact) mass is 487 g/mol. The highest BCUT2D eigenvalue weighted by Crippen LogP contribution is 2.26. The number of thioether (sulfide) groups is 1. The number of hydrogen-bond donors (Lipinski definition) is 1. The zero-order chi connectivity index (χ0) is 23.3. The zero-order valence-corrected chi connectivity index (χ0v) is 20.8. The molecule has 0 spiro atoms. The van der Waals surface area contributed by atoms with E-state index in [2.05, 4.69) is 28.4 Å². The number of carbonyl (C=O) groups excluding carboxylic acids is 1. The van der Waals surface area contributed by atoms with Crippen molar-refractivity contribution in [1.82, 2.24) is 14.5 Å². The van der Waals surface area contributed by atoms with Crippen molar-refractivity contribution in [2.24, 2.45) is 5.92 Å². The third kappa shape index (κ3) is 5.98. The van der Waals surface area contributed by atoms with Crippen LogP contribution < -0.4 is 5.32 Å². The van der Waals surface area contributed by atoms with E-state index in [1.807, 2.05) is 24.5 Å². The van der Waals surface area contributed by atoms with Gasteiger partial charge in [0, 0.05) is 37.0 Å². The molecule has 2 saturated heterocycles. The largest absolute Gasteiger partial charge is 0.352 e. The Hall–Kier alpha value is -1.87. The molecule has 2 aromatic rings. The second kappa shape index (κ2) is 11.0. The fourth-order valence-electron chi connectivity index (χ4n) is 4.65. The van der Waals surface area contributed by atoms with Gasteiger partial charge in [0.15, 0.2) is 0 Å². The van der Waals surface area contributed by atoms with Gasteiger partial charge < -0.3 is 5.32 Å². The van der Waals surface area contributed by atoms with Crippen molar-refractivity contribution in [2.75, 3.05) is 32.4 Å². The van der Waals surface area contributed by atoms with Crippen molar-refractivity contribution in [3.8, 4) is 0 Å². The Morgan fingerprint density at radius 2 is 1.61 bits per heavy atom. The number of nitrogens with zero attached hydrogens (tertiary/aromatic N) is 2.